The van der Waals surface area contributed by atoms with E-state index >= 15 is 0 Å². The molecule has 0 spiro atoms. The van der Waals surface area contributed by atoms with Gasteiger partial charge in [0.2, 0.25) is 0 Å². The molecule has 0 unspecified atom stereocenters. The van der Waals surface area contributed by atoms with E-state index in [4.69, 9.17) is 20.0 Å². The average molecular weight is 599 g/mol. The van der Waals surface area contributed by atoms with Crippen molar-refractivity contribution in [1.29, 1.82) is 0 Å². The number of carbonyl (C=O) groups excluding carboxylic acids is 2. The van der Waals surface area contributed by atoms with Gasteiger partial charge in [-0.25, -0.2) is 19.5 Å². The molecule has 230 valence electrons. The molecule has 0 fully saturated rings. The Hall–Kier alpha value is -3.48. The van der Waals surface area contributed by atoms with Crippen molar-refractivity contribution in [3.8, 4) is 11.1 Å². The molecule has 1 aromatic heterocycles. The van der Waals surface area contributed by atoms with Crippen LogP contribution < -0.4 is 11.1 Å². The van der Waals surface area contributed by atoms with Crippen LogP contribution in [-0.2, 0) is 25.8 Å². The summed E-state index contributed by atoms with van der Waals surface area (Å²) in [7, 11) is -1.14. The SMILES string of the molecule is CCCN(OCCNC(=O)OC(C)(C)C)C(=O)C1=Cc2ccc(-c3cnn(COCC[Si](C)(C)C)c3)cc2N=C(N)C1. The smallest absolute Gasteiger partial charge is 0.407 e. The number of aliphatic imine (C=N–C) groups is 1. The molecule has 1 aliphatic heterocycles. The molecular weight excluding hydrogens is 552 g/mol. The topological polar surface area (TPSA) is 133 Å². The number of hydrogen-bond donors (Lipinski definition) is 2. The molecule has 0 saturated carbocycles. The second-order valence-corrected chi connectivity index (χ2v) is 18.1. The van der Waals surface area contributed by atoms with E-state index in [9.17, 15) is 9.59 Å². The van der Waals surface area contributed by atoms with Gasteiger partial charge in [-0.15, -0.1) is 0 Å². The average Bonchev–Trinajstić information content (AvgIpc) is 3.29. The number of hydrogen-bond acceptors (Lipinski definition) is 8. The zero-order chi connectivity index (χ0) is 30.9. The van der Waals surface area contributed by atoms with Crippen molar-refractivity contribution >= 4 is 37.7 Å². The summed E-state index contributed by atoms with van der Waals surface area (Å²) in [4.78, 5) is 35.7. The number of amides is 2. The highest BCUT2D eigenvalue weighted by Crippen LogP contribution is 2.32. The first-order valence-corrected chi connectivity index (χ1v) is 18.1. The largest absolute Gasteiger partial charge is 0.444 e. The van der Waals surface area contributed by atoms with Crippen molar-refractivity contribution < 1.29 is 23.9 Å². The van der Waals surface area contributed by atoms with Crippen molar-refractivity contribution in [3.05, 3.63) is 41.7 Å². The number of nitrogens with one attached hydrogen (secondary N) is 1. The molecule has 1 aliphatic rings. The van der Waals surface area contributed by atoms with Crippen LogP contribution >= 0.6 is 0 Å². The molecular formula is C30H46N6O5Si. The third kappa shape index (κ3) is 10.7. The van der Waals surface area contributed by atoms with E-state index in [1.807, 2.05) is 37.4 Å². The van der Waals surface area contributed by atoms with Gasteiger partial charge < -0.3 is 20.5 Å². The summed E-state index contributed by atoms with van der Waals surface area (Å²) in [6.07, 6.45) is 5.90. The van der Waals surface area contributed by atoms with Gasteiger partial charge in [-0.1, -0.05) is 38.7 Å². The van der Waals surface area contributed by atoms with Gasteiger partial charge in [0.05, 0.1) is 18.5 Å². The Morgan fingerprint density at radius 2 is 1.93 bits per heavy atom. The Kier molecular flexibility index (Phi) is 11.5. The van der Waals surface area contributed by atoms with E-state index in [0.29, 0.717) is 36.8 Å². The van der Waals surface area contributed by atoms with Crippen LogP contribution in [0.4, 0.5) is 10.5 Å². The first kappa shape index (κ1) is 33.0. The summed E-state index contributed by atoms with van der Waals surface area (Å²) in [5.41, 5.74) is 9.47. The van der Waals surface area contributed by atoms with E-state index < -0.39 is 19.8 Å². The lowest BCUT2D eigenvalue weighted by molar-refractivity contribution is -0.181. The highest BCUT2D eigenvalue weighted by atomic mass is 28.3. The van der Waals surface area contributed by atoms with E-state index in [1.165, 1.54) is 5.06 Å². The van der Waals surface area contributed by atoms with Crippen LogP contribution in [0.25, 0.3) is 17.2 Å². The lowest BCUT2D eigenvalue weighted by Gasteiger charge is -2.23. The number of amidine groups is 1. The fraction of sp³-hybridized carbons (Fsp3) is 0.533. The van der Waals surface area contributed by atoms with Crippen LogP contribution in [0, 0.1) is 0 Å². The van der Waals surface area contributed by atoms with Crippen molar-refractivity contribution in [1.82, 2.24) is 20.2 Å². The minimum atomic E-state index is -1.14. The third-order valence-corrected chi connectivity index (χ3v) is 7.83. The molecule has 2 aromatic rings. The molecule has 0 atom stereocenters. The highest BCUT2D eigenvalue weighted by molar-refractivity contribution is 6.76. The number of carbonyl (C=O) groups is 2. The normalized spacial score (nSPS) is 13.5. The Morgan fingerprint density at radius 3 is 2.62 bits per heavy atom. The Morgan fingerprint density at radius 1 is 1.17 bits per heavy atom. The van der Waals surface area contributed by atoms with Gasteiger partial charge in [-0.2, -0.15) is 5.10 Å². The quantitative estimate of drug-likeness (QED) is 0.181. The van der Waals surface area contributed by atoms with Crippen molar-refractivity contribution in [2.75, 3.05) is 26.3 Å². The maximum Gasteiger partial charge on any atom is 0.407 e. The fourth-order valence-electron chi connectivity index (χ4n) is 4.04. The Labute approximate surface area is 250 Å². The zero-order valence-electron chi connectivity index (χ0n) is 26.0. The second kappa shape index (κ2) is 14.6. The predicted octanol–water partition coefficient (Wildman–Crippen LogP) is 5.33. The van der Waals surface area contributed by atoms with E-state index in [-0.39, 0.29) is 25.5 Å². The molecule has 1 aromatic carbocycles. The molecule has 0 saturated heterocycles. The number of hydroxylamine groups is 2. The van der Waals surface area contributed by atoms with Crippen molar-refractivity contribution in [3.63, 3.8) is 0 Å². The summed E-state index contributed by atoms with van der Waals surface area (Å²) < 4.78 is 12.8. The lowest BCUT2D eigenvalue weighted by atomic mass is 10.0. The minimum Gasteiger partial charge on any atom is -0.444 e. The lowest BCUT2D eigenvalue weighted by Crippen LogP contribution is -2.38. The van der Waals surface area contributed by atoms with Gasteiger partial charge in [-0.3, -0.25) is 9.63 Å². The van der Waals surface area contributed by atoms with Gasteiger partial charge in [0.15, 0.2) is 0 Å². The van der Waals surface area contributed by atoms with Crippen LogP contribution in [0.15, 0.2) is 41.2 Å². The Balaban J connectivity index is 1.66. The van der Waals surface area contributed by atoms with Crippen LogP contribution in [0.3, 0.4) is 0 Å². The molecule has 0 aliphatic carbocycles. The molecule has 0 bridgehead atoms. The number of alkyl carbamates (subject to hydrolysis) is 1. The van der Waals surface area contributed by atoms with Gasteiger partial charge in [-0.05, 0) is 50.9 Å². The summed E-state index contributed by atoms with van der Waals surface area (Å²) in [6, 6.07) is 6.96. The minimum absolute atomic E-state index is 0.110. The number of fused-ring (bicyclic) bond motifs is 1. The predicted molar refractivity (Wildman–Crippen MR) is 168 cm³/mol. The first-order valence-electron chi connectivity index (χ1n) is 14.4. The molecule has 11 nitrogen and oxygen atoms in total. The number of benzene rings is 1. The maximum absolute atomic E-state index is 13.5. The number of rotatable bonds is 13. The maximum atomic E-state index is 13.5. The summed E-state index contributed by atoms with van der Waals surface area (Å²) in [5.74, 6) is 0.0413. The number of nitrogens with two attached hydrogens (primary N) is 1. The van der Waals surface area contributed by atoms with E-state index in [1.54, 1.807) is 31.6 Å². The molecule has 2 amide bonds. The van der Waals surface area contributed by atoms with Crippen LogP contribution in [0.5, 0.6) is 0 Å². The van der Waals surface area contributed by atoms with Crippen molar-refractivity contribution in [2.24, 2.45) is 10.7 Å². The number of ether oxygens (including phenoxy) is 2. The standard InChI is InChI=1S/C30H46N6O5Si/c1-8-12-36(40-13-11-32-29(38)41-30(2,3)4)28(37)24-16-23-10-9-22(17-26(23)34-27(31)18-24)25-19-33-35(20-25)21-39-14-15-42(5,6)7/h9-10,16-17,19-20H,8,11-15,18,21H2,1-7H3,(H2,31,34)(H,32,38). The van der Waals surface area contributed by atoms with Gasteiger partial charge in [0.25, 0.3) is 5.91 Å². The van der Waals surface area contributed by atoms with E-state index in [2.05, 4.69) is 35.0 Å². The van der Waals surface area contributed by atoms with E-state index in [0.717, 1.165) is 29.3 Å². The Bertz CT molecular complexity index is 1290. The van der Waals surface area contributed by atoms with Gasteiger partial charge >= 0.3 is 6.09 Å². The van der Waals surface area contributed by atoms with Crippen LogP contribution in [0.1, 0.15) is 46.1 Å². The molecule has 0 radical (unpaired) electrons. The second-order valence-electron chi connectivity index (χ2n) is 12.5. The molecule has 42 heavy (non-hydrogen) atoms. The zero-order valence-corrected chi connectivity index (χ0v) is 27.0. The molecule has 12 heteroatoms. The number of nitrogens with zero attached hydrogens (tertiary/aromatic N) is 4. The van der Waals surface area contributed by atoms with Gasteiger partial charge in [0.1, 0.15) is 18.2 Å². The highest BCUT2D eigenvalue weighted by Gasteiger charge is 2.23. The number of aromatic nitrogens is 2. The van der Waals surface area contributed by atoms with Crippen molar-refractivity contribution in [2.45, 2.75) is 78.6 Å². The van der Waals surface area contributed by atoms with Gasteiger partial charge in [0, 0.05) is 57.1 Å². The molecule has 2 heterocycles. The monoisotopic (exact) mass is 598 g/mol. The fourth-order valence-corrected chi connectivity index (χ4v) is 4.80. The van der Waals surface area contributed by atoms with Crippen LogP contribution in [-0.4, -0.2) is 72.7 Å². The summed E-state index contributed by atoms with van der Waals surface area (Å²) >= 11 is 0. The molecule has 3 N–H and O–H groups in total. The molecule has 3 rings (SSSR count). The van der Waals surface area contributed by atoms with Crippen LogP contribution in [0.2, 0.25) is 25.7 Å². The summed E-state index contributed by atoms with van der Waals surface area (Å²) in [5, 5.41) is 8.39. The summed E-state index contributed by atoms with van der Waals surface area (Å²) in [6.45, 7) is 16.1. The first-order chi connectivity index (χ1) is 19.7. The third-order valence-electron chi connectivity index (χ3n) is 6.13.